The van der Waals surface area contributed by atoms with E-state index in [1.165, 1.54) is 13.8 Å². The molecule has 0 fully saturated rings. The smallest absolute Gasteiger partial charge is 0.335 e. The highest BCUT2D eigenvalue weighted by Crippen LogP contribution is 2.15. The van der Waals surface area contributed by atoms with E-state index in [2.05, 4.69) is 13.8 Å². The maximum Gasteiger partial charge on any atom is 0.335 e. The van der Waals surface area contributed by atoms with Crippen molar-refractivity contribution in [3.05, 3.63) is 0 Å². The second-order valence-corrected chi connectivity index (χ2v) is 8.46. The second kappa shape index (κ2) is 17.1. The van der Waals surface area contributed by atoms with Crippen LogP contribution in [0, 0.1) is 0 Å². The molecule has 0 saturated heterocycles. The molecule has 0 radical (unpaired) electrons. The fourth-order valence-electron chi connectivity index (χ4n) is 3.28. The van der Waals surface area contributed by atoms with Crippen molar-refractivity contribution in [2.75, 3.05) is 0 Å². The van der Waals surface area contributed by atoms with Gasteiger partial charge in [-0.2, -0.15) is 0 Å². The number of carbonyl (C=O) groups is 3. The molecule has 0 aromatic carbocycles. The molecule has 0 saturated carbocycles. The highest BCUT2D eigenvalue weighted by Gasteiger charge is 2.31. The Morgan fingerprint density at radius 1 is 0.710 bits per heavy atom. The summed E-state index contributed by atoms with van der Waals surface area (Å²) < 4.78 is 16.6. The quantitative estimate of drug-likeness (QED) is 0.219. The van der Waals surface area contributed by atoms with Crippen LogP contribution in [-0.4, -0.2) is 53.3 Å². The summed E-state index contributed by atoms with van der Waals surface area (Å²) in [4.78, 5) is 36.7. The van der Waals surface area contributed by atoms with Gasteiger partial charge in [-0.15, -0.1) is 0 Å². The van der Waals surface area contributed by atoms with Crippen LogP contribution in [0.2, 0.25) is 0 Å². The lowest BCUT2D eigenvalue weighted by molar-refractivity contribution is -0.173. The Hall–Kier alpha value is -1.47. The number of Topliss-reactive ketones (excluding diaryl/α,β-unsaturated/α-hetero) is 1. The summed E-state index contributed by atoms with van der Waals surface area (Å²) in [6.45, 7) is 10.9. The van der Waals surface area contributed by atoms with Crippen molar-refractivity contribution in [2.24, 2.45) is 0 Å². The molecule has 0 aliphatic rings. The number of ketones is 1. The second-order valence-electron chi connectivity index (χ2n) is 8.46. The number of aliphatic carboxylic acids is 1. The van der Waals surface area contributed by atoms with Crippen molar-refractivity contribution in [2.45, 2.75) is 136 Å². The van der Waals surface area contributed by atoms with Crippen LogP contribution in [0.15, 0.2) is 0 Å². The number of rotatable bonds is 19. The molecule has 7 nitrogen and oxygen atoms in total. The van der Waals surface area contributed by atoms with Crippen LogP contribution in [0.4, 0.5) is 0 Å². The van der Waals surface area contributed by atoms with Gasteiger partial charge in [-0.25, -0.2) is 9.59 Å². The number of carbonyl (C=O) groups excluding carboxylic acids is 2. The molecule has 1 N–H and O–H groups in total. The minimum Gasteiger partial charge on any atom is -0.479 e. The van der Waals surface area contributed by atoms with Gasteiger partial charge < -0.3 is 19.3 Å². The molecule has 4 unspecified atom stereocenters. The molecule has 0 aliphatic carbocycles. The van der Waals surface area contributed by atoms with E-state index < -0.39 is 42.1 Å². The van der Waals surface area contributed by atoms with E-state index in [9.17, 15) is 19.5 Å². The van der Waals surface area contributed by atoms with Crippen molar-refractivity contribution in [1.82, 2.24) is 0 Å². The molecule has 0 amide bonds. The lowest BCUT2D eigenvalue weighted by Gasteiger charge is -2.24. The number of carboxylic acid groups (broad SMARTS) is 1. The Labute approximate surface area is 188 Å². The standard InChI is InChI=1S/C24H44O7/c1-7-9-11-13-15-20(23(26)27)30-18(5)22(25)19(6)31-24(28)21(29-17(3)4)16-14-12-10-8-2/h17-21H,7-16H2,1-6H3,(H,26,27). The van der Waals surface area contributed by atoms with E-state index in [4.69, 9.17) is 14.2 Å². The van der Waals surface area contributed by atoms with Gasteiger partial charge >= 0.3 is 11.9 Å². The van der Waals surface area contributed by atoms with Gasteiger partial charge in [0.25, 0.3) is 0 Å². The molecule has 4 atom stereocenters. The Morgan fingerprint density at radius 3 is 1.68 bits per heavy atom. The van der Waals surface area contributed by atoms with Crippen molar-refractivity contribution < 1.29 is 33.7 Å². The van der Waals surface area contributed by atoms with Crippen LogP contribution in [0.25, 0.3) is 0 Å². The lowest BCUT2D eigenvalue weighted by atomic mass is 10.1. The van der Waals surface area contributed by atoms with Gasteiger partial charge in [0.1, 0.15) is 6.10 Å². The molecular formula is C24H44O7. The minimum atomic E-state index is -1.08. The van der Waals surface area contributed by atoms with Gasteiger partial charge in [-0.3, -0.25) is 4.79 Å². The van der Waals surface area contributed by atoms with Crippen LogP contribution in [0.5, 0.6) is 0 Å². The molecule has 7 heteroatoms. The third-order valence-corrected chi connectivity index (χ3v) is 5.08. The molecule has 0 aromatic heterocycles. The maximum atomic E-state index is 12.6. The van der Waals surface area contributed by atoms with Crippen molar-refractivity contribution in [3.8, 4) is 0 Å². The summed E-state index contributed by atoms with van der Waals surface area (Å²) in [5.41, 5.74) is 0. The zero-order valence-corrected chi connectivity index (χ0v) is 20.4. The number of carboxylic acids is 1. The maximum absolute atomic E-state index is 12.6. The first kappa shape index (κ1) is 29.5. The van der Waals surface area contributed by atoms with E-state index in [-0.39, 0.29) is 6.10 Å². The predicted molar refractivity (Wildman–Crippen MR) is 120 cm³/mol. The monoisotopic (exact) mass is 444 g/mol. The summed E-state index contributed by atoms with van der Waals surface area (Å²) in [6.07, 6.45) is 4.76. The molecule has 0 bridgehead atoms. The van der Waals surface area contributed by atoms with Crippen LogP contribution in [0.1, 0.15) is 106 Å². The van der Waals surface area contributed by atoms with Crippen molar-refractivity contribution >= 4 is 17.7 Å². The molecule has 0 rings (SSSR count). The highest BCUT2D eigenvalue weighted by atomic mass is 16.6. The van der Waals surface area contributed by atoms with Crippen LogP contribution < -0.4 is 0 Å². The summed E-state index contributed by atoms with van der Waals surface area (Å²) >= 11 is 0. The molecule has 0 aliphatic heterocycles. The van der Waals surface area contributed by atoms with Gasteiger partial charge in [-0.05, 0) is 40.5 Å². The number of ether oxygens (including phenoxy) is 3. The van der Waals surface area contributed by atoms with Gasteiger partial charge in [0.05, 0.1) is 6.10 Å². The number of unbranched alkanes of at least 4 members (excludes halogenated alkanes) is 6. The largest absolute Gasteiger partial charge is 0.479 e. The first-order valence-corrected chi connectivity index (χ1v) is 11.9. The first-order chi connectivity index (χ1) is 14.6. The SMILES string of the molecule is CCCCCCC(OC(C)C(=O)C(C)OC(=O)C(CCCCCC)OC(C)C)C(=O)O. The third kappa shape index (κ3) is 13.5. The minimum absolute atomic E-state index is 0.138. The topological polar surface area (TPSA) is 99.1 Å². The zero-order valence-electron chi connectivity index (χ0n) is 20.4. The summed E-state index contributed by atoms with van der Waals surface area (Å²) in [5, 5.41) is 9.38. The number of esters is 1. The van der Waals surface area contributed by atoms with E-state index >= 15 is 0 Å². The molecule has 182 valence electrons. The van der Waals surface area contributed by atoms with Gasteiger partial charge in [-0.1, -0.05) is 65.2 Å². The van der Waals surface area contributed by atoms with Crippen molar-refractivity contribution in [3.63, 3.8) is 0 Å². The molecule has 31 heavy (non-hydrogen) atoms. The van der Waals surface area contributed by atoms with Crippen LogP contribution in [-0.2, 0) is 28.6 Å². The van der Waals surface area contributed by atoms with Crippen molar-refractivity contribution in [1.29, 1.82) is 0 Å². The fourth-order valence-corrected chi connectivity index (χ4v) is 3.28. The number of hydrogen-bond acceptors (Lipinski definition) is 6. The Morgan fingerprint density at radius 2 is 1.23 bits per heavy atom. The van der Waals surface area contributed by atoms with E-state index in [1.807, 2.05) is 13.8 Å². The molecule has 0 spiro atoms. The summed E-state index contributed by atoms with van der Waals surface area (Å²) in [7, 11) is 0. The fraction of sp³-hybridized carbons (Fsp3) is 0.875. The lowest BCUT2D eigenvalue weighted by Crippen LogP contribution is -2.40. The Balaban J connectivity index is 4.77. The molecule has 0 heterocycles. The normalized spacial score (nSPS) is 15.3. The average Bonchev–Trinajstić information content (AvgIpc) is 2.71. The van der Waals surface area contributed by atoms with Gasteiger partial charge in [0, 0.05) is 0 Å². The molecular weight excluding hydrogens is 400 g/mol. The summed E-state index contributed by atoms with van der Waals surface area (Å²) in [6, 6.07) is 0. The highest BCUT2D eigenvalue weighted by molar-refractivity contribution is 5.89. The predicted octanol–water partition coefficient (Wildman–Crippen LogP) is 5.08. The van der Waals surface area contributed by atoms with E-state index in [1.54, 1.807) is 0 Å². The Bertz CT molecular complexity index is 518. The van der Waals surface area contributed by atoms with Crippen LogP contribution in [0.3, 0.4) is 0 Å². The first-order valence-electron chi connectivity index (χ1n) is 11.9. The van der Waals surface area contributed by atoms with Gasteiger partial charge in [0.2, 0.25) is 5.78 Å². The van der Waals surface area contributed by atoms with E-state index in [0.29, 0.717) is 12.8 Å². The Kier molecular flexibility index (Phi) is 16.3. The average molecular weight is 445 g/mol. The van der Waals surface area contributed by atoms with Crippen LogP contribution >= 0.6 is 0 Å². The number of hydrogen-bond donors (Lipinski definition) is 1. The third-order valence-electron chi connectivity index (χ3n) is 5.08. The summed E-state index contributed by atoms with van der Waals surface area (Å²) in [5.74, 6) is -2.10. The van der Waals surface area contributed by atoms with E-state index in [0.717, 1.165) is 51.4 Å². The molecule has 0 aromatic rings. The van der Waals surface area contributed by atoms with Gasteiger partial charge in [0.15, 0.2) is 18.3 Å². The zero-order chi connectivity index (χ0) is 23.8.